The Kier molecular flexibility index (Phi) is 4.41. The molecule has 1 aromatic carbocycles. The molecule has 18 heavy (non-hydrogen) atoms. The summed E-state index contributed by atoms with van der Waals surface area (Å²) in [5, 5.41) is 1.62. The molecule has 3 nitrogen and oxygen atoms in total. The Morgan fingerprint density at radius 1 is 1.17 bits per heavy atom. The van der Waals surface area contributed by atoms with Gasteiger partial charge >= 0.3 is 5.51 Å². The van der Waals surface area contributed by atoms with Gasteiger partial charge in [-0.1, -0.05) is 18.2 Å². The van der Waals surface area contributed by atoms with Gasteiger partial charge < -0.3 is 4.55 Å². The zero-order valence-electron chi connectivity index (χ0n) is 9.52. The molecule has 1 aromatic rings. The number of hydrogen-bond acceptors (Lipinski definition) is 3. The fraction of sp³-hybridized carbons (Fsp3) is 0.400. The molecule has 0 aromatic heterocycles. The highest BCUT2D eigenvalue weighted by Crippen LogP contribution is 2.67. The Bertz CT molecular complexity index is 495. The zero-order valence-corrected chi connectivity index (χ0v) is 11.2. The summed E-state index contributed by atoms with van der Waals surface area (Å²) in [4.78, 5) is 0. The van der Waals surface area contributed by atoms with Gasteiger partial charge in [-0.25, -0.2) is 8.42 Å². The summed E-state index contributed by atoms with van der Waals surface area (Å²) in [5.41, 5.74) is -5.65. The van der Waals surface area contributed by atoms with Crippen molar-refractivity contribution in [3.8, 4) is 0 Å². The molecule has 1 fully saturated rings. The Morgan fingerprint density at radius 3 is 1.83 bits per heavy atom. The van der Waals surface area contributed by atoms with Crippen molar-refractivity contribution in [2.75, 3.05) is 19.0 Å². The standard InChI is InChI=1S/C9H12P.CHF3O3S/c1-10(7-8-10)9-5-3-2-4-6-9;2-1(3,4)8(5,6)7/h2-6H,7-8H2,1H3;(H,5,6,7)/q+1;/p-1. The SMILES string of the molecule is C[P+]1(c2ccccc2)CC1.O=S(=O)([O-])C(F)(F)F. The second-order valence-electron chi connectivity index (χ2n) is 4.08. The Hall–Kier alpha value is -0.650. The summed E-state index contributed by atoms with van der Waals surface area (Å²) in [7, 11) is -6.61. The molecule has 1 aliphatic heterocycles. The molecule has 0 unspecified atom stereocenters. The second kappa shape index (κ2) is 5.15. The predicted octanol–water partition coefficient (Wildman–Crippen LogP) is 2.02. The van der Waals surface area contributed by atoms with Crippen LogP contribution in [-0.4, -0.2) is 37.5 Å². The van der Waals surface area contributed by atoms with Crippen LogP contribution >= 0.6 is 7.26 Å². The Labute approximate surface area is 104 Å². The van der Waals surface area contributed by atoms with E-state index in [1.165, 1.54) is 12.3 Å². The van der Waals surface area contributed by atoms with Crippen LogP contribution in [0.5, 0.6) is 0 Å². The highest BCUT2D eigenvalue weighted by atomic mass is 32.2. The quantitative estimate of drug-likeness (QED) is 0.453. The number of rotatable bonds is 1. The van der Waals surface area contributed by atoms with Crippen LogP contribution in [0.3, 0.4) is 0 Å². The minimum atomic E-state index is -6.09. The summed E-state index contributed by atoms with van der Waals surface area (Å²) in [5.74, 6) is 0. The summed E-state index contributed by atoms with van der Waals surface area (Å²) in [6.45, 7) is 2.45. The molecule has 1 saturated heterocycles. The fourth-order valence-corrected chi connectivity index (χ4v) is 3.80. The molecule has 0 N–H and O–H groups in total. The maximum Gasteiger partial charge on any atom is 0.485 e. The maximum absolute atomic E-state index is 10.7. The van der Waals surface area contributed by atoms with Crippen LogP contribution in [0.15, 0.2) is 30.3 Å². The van der Waals surface area contributed by atoms with E-state index in [1.807, 2.05) is 0 Å². The molecule has 1 aliphatic rings. The van der Waals surface area contributed by atoms with Gasteiger partial charge in [-0.2, -0.15) is 13.2 Å². The van der Waals surface area contributed by atoms with Gasteiger partial charge in [0.25, 0.3) is 0 Å². The molecule has 0 bridgehead atoms. The fourth-order valence-electron chi connectivity index (χ4n) is 1.20. The number of hydrogen-bond donors (Lipinski definition) is 0. The highest BCUT2D eigenvalue weighted by molar-refractivity contribution is 7.88. The highest BCUT2D eigenvalue weighted by Gasteiger charge is 2.48. The maximum atomic E-state index is 10.7. The van der Waals surface area contributed by atoms with Crippen LogP contribution in [0.4, 0.5) is 13.2 Å². The Balaban J connectivity index is 0.000000187. The lowest BCUT2D eigenvalue weighted by Gasteiger charge is -2.08. The average molecular weight is 300 g/mol. The average Bonchev–Trinajstić information content (AvgIpc) is 2.97. The van der Waals surface area contributed by atoms with E-state index in [-0.39, 0.29) is 0 Å². The van der Waals surface area contributed by atoms with Gasteiger partial charge in [-0.05, 0) is 12.1 Å². The van der Waals surface area contributed by atoms with Crippen LogP contribution in [0.25, 0.3) is 0 Å². The van der Waals surface area contributed by atoms with E-state index in [2.05, 4.69) is 37.0 Å². The van der Waals surface area contributed by atoms with Crippen LogP contribution in [-0.2, 0) is 10.1 Å². The smallest absolute Gasteiger partial charge is 0.485 e. The van der Waals surface area contributed by atoms with E-state index in [1.54, 1.807) is 5.30 Å². The van der Waals surface area contributed by atoms with Gasteiger partial charge in [-0.15, -0.1) is 0 Å². The number of halogens is 3. The minimum absolute atomic E-state index is 0.518. The lowest BCUT2D eigenvalue weighted by molar-refractivity contribution is -0.0517. The van der Waals surface area contributed by atoms with Gasteiger partial charge in [0.15, 0.2) is 10.1 Å². The molecule has 0 saturated carbocycles. The van der Waals surface area contributed by atoms with Crippen LogP contribution in [0.1, 0.15) is 0 Å². The monoisotopic (exact) mass is 300 g/mol. The van der Waals surface area contributed by atoms with Gasteiger partial charge in [-0.3, -0.25) is 0 Å². The van der Waals surface area contributed by atoms with Crippen molar-refractivity contribution in [1.29, 1.82) is 0 Å². The molecule has 0 radical (unpaired) electrons. The first-order chi connectivity index (χ1) is 8.06. The summed E-state index contributed by atoms with van der Waals surface area (Å²) in [6, 6.07) is 11.0. The van der Waals surface area contributed by atoms with E-state index >= 15 is 0 Å². The van der Waals surface area contributed by atoms with Crippen LogP contribution < -0.4 is 5.30 Å². The van der Waals surface area contributed by atoms with Crippen molar-refractivity contribution in [2.45, 2.75) is 5.51 Å². The third kappa shape index (κ3) is 4.23. The van der Waals surface area contributed by atoms with Crippen molar-refractivity contribution in [3.63, 3.8) is 0 Å². The summed E-state index contributed by atoms with van der Waals surface area (Å²) >= 11 is 0. The minimum Gasteiger partial charge on any atom is -0.741 e. The molecule has 0 aliphatic carbocycles. The largest absolute Gasteiger partial charge is 0.741 e. The molecule has 8 heteroatoms. The number of alkyl halides is 3. The van der Waals surface area contributed by atoms with E-state index in [4.69, 9.17) is 13.0 Å². The van der Waals surface area contributed by atoms with Gasteiger partial charge in [0.1, 0.15) is 0 Å². The van der Waals surface area contributed by atoms with Crippen molar-refractivity contribution < 1.29 is 26.1 Å². The van der Waals surface area contributed by atoms with E-state index in [0.29, 0.717) is 0 Å². The number of benzene rings is 1. The Morgan fingerprint density at radius 2 is 1.56 bits per heavy atom. The van der Waals surface area contributed by atoms with Crippen LogP contribution in [0, 0.1) is 0 Å². The zero-order chi connectivity index (χ0) is 14.0. The third-order valence-electron chi connectivity index (χ3n) is 2.56. The van der Waals surface area contributed by atoms with E-state index in [0.717, 1.165) is 0 Å². The molecule has 0 spiro atoms. The first-order valence-electron chi connectivity index (χ1n) is 4.99. The first-order valence-corrected chi connectivity index (χ1v) is 9.00. The lowest BCUT2D eigenvalue weighted by Crippen LogP contribution is -2.21. The van der Waals surface area contributed by atoms with Crippen molar-refractivity contribution in [1.82, 2.24) is 0 Å². The third-order valence-corrected chi connectivity index (χ3v) is 6.46. The summed E-state index contributed by atoms with van der Waals surface area (Å²) < 4.78 is 58.9. The molecule has 2 rings (SSSR count). The van der Waals surface area contributed by atoms with Crippen LogP contribution in [0.2, 0.25) is 0 Å². The second-order valence-corrected chi connectivity index (χ2v) is 9.65. The molecular weight excluding hydrogens is 288 g/mol. The lowest BCUT2D eigenvalue weighted by atomic mass is 10.4. The molecule has 1 heterocycles. The van der Waals surface area contributed by atoms with Crippen molar-refractivity contribution in [3.05, 3.63) is 30.3 Å². The topological polar surface area (TPSA) is 57.2 Å². The molecule has 0 amide bonds. The van der Waals surface area contributed by atoms with Gasteiger partial charge in [0.2, 0.25) is 0 Å². The summed E-state index contributed by atoms with van der Waals surface area (Å²) in [6.07, 6.45) is 2.97. The van der Waals surface area contributed by atoms with Gasteiger partial charge in [0, 0.05) is 0 Å². The molecule has 0 atom stereocenters. The molecule has 102 valence electrons. The van der Waals surface area contributed by atoms with E-state index < -0.39 is 22.9 Å². The first kappa shape index (κ1) is 15.4. The van der Waals surface area contributed by atoms with Gasteiger partial charge in [0.05, 0.1) is 31.6 Å². The van der Waals surface area contributed by atoms with Crippen molar-refractivity contribution >= 4 is 22.7 Å². The normalized spacial score (nSPS) is 17.6. The van der Waals surface area contributed by atoms with E-state index in [9.17, 15) is 13.2 Å². The molecular formula is C10H12F3O3PS. The predicted molar refractivity (Wildman–Crippen MR) is 64.4 cm³/mol. The van der Waals surface area contributed by atoms with Crippen molar-refractivity contribution in [2.24, 2.45) is 0 Å².